The zero-order valence-electron chi connectivity index (χ0n) is 11.0. The molecule has 0 aliphatic rings. The van der Waals surface area contributed by atoms with Gasteiger partial charge in [-0.25, -0.2) is 4.79 Å². The number of carboxylic acid groups (broad SMARTS) is 1. The van der Waals surface area contributed by atoms with Crippen molar-refractivity contribution < 1.29 is 14.7 Å². The summed E-state index contributed by atoms with van der Waals surface area (Å²) in [6.45, 7) is 1.89. The second-order valence-electron chi connectivity index (χ2n) is 4.47. The first-order chi connectivity index (χ1) is 9.86. The number of amides is 1. The van der Waals surface area contributed by atoms with E-state index in [1.54, 1.807) is 12.1 Å². The van der Waals surface area contributed by atoms with Gasteiger partial charge in [-0.15, -0.1) is 0 Å². The Morgan fingerprint density at radius 2 is 1.90 bits per heavy atom. The van der Waals surface area contributed by atoms with Crippen LogP contribution in [0.2, 0.25) is 5.02 Å². The van der Waals surface area contributed by atoms with Crippen LogP contribution in [0.5, 0.6) is 0 Å². The van der Waals surface area contributed by atoms with Crippen LogP contribution in [0, 0.1) is 6.92 Å². The van der Waals surface area contributed by atoms with Gasteiger partial charge in [0.2, 0.25) is 0 Å². The van der Waals surface area contributed by atoms with Crippen LogP contribution in [0.4, 0.5) is 5.69 Å². The van der Waals surface area contributed by atoms with Crippen molar-refractivity contribution in [3.05, 3.63) is 62.6 Å². The number of hydrogen-bond donors (Lipinski definition) is 2. The molecule has 6 heteroatoms. The minimum absolute atomic E-state index is 0.00651. The Kier molecular flexibility index (Phi) is 4.65. The van der Waals surface area contributed by atoms with E-state index in [9.17, 15) is 9.59 Å². The van der Waals surface area contributed by atoms with E-state index in [1.165, 1.54) is 18.2 Å². The molecule has 0 heterocycles. The normalized spacial score (nSPS) is 10.2. The number of nitrogens with one attached hydrogen (secondary N) is 1. The van der Waals surface area contributed by atoms with E-state index in [2.05, 4.69) is 21.2 Å². The lowest BCUT2D eigenvalue weighted by Gasteiger charge is -2.08. The molecule has 108 valence electrons. The quantitative estimate of drug-likeness (QED) is 0.846. The Bertz CT molecular complexity index is 711. The molecule has 2 aromatic rings. The summed E-state index contributed by atoms with van der Waals surface area (Å²) in [6.07, 6.45) is 0. The van der Waals surface area contributed by atoms with E-state index in [-0.39, 0.29) is 16.5 Å². The van der Waals surface area contributed by atoms with Crippen molar-refractivity contribution in [3.8, 4) is 0 Å². The lowest BCUT2D eigenvalue weighted by atomic mass is 10.1. The second-order valence-corrected chi connectivity index (χ2v) is 5.79. The summed E-state index contributed by atoms with van der Waals surface area (Å²) in [5, 5.41) is 11.7. The smallest absolute Gasteiger partial charge is 0.337 e. The summed E-state index contributed by atoms with van der Waals surface area (Å²) in [5.74, 6) is -1.40. The van der Waals surface area contributed by atoms with Crippen molar-refractivity contribution in [2.24, 2.45) is 0 Å². The van der Waals surface area contributed by atoms with Gasteiger partial charge in [0, 0.05) is 15.7 Å². The summed E-state index contributed by atoms with van der Waals surface area (Å²) < 4.78 is 0.812. The molecule has 1 amide bonds. The third-order valence-corrected chi connectivity index (χ3v) is 3.53. The maximum Gasteiger partial charge on any atom is 0.337 e. The molecule has 0 aliphatic heterocycles. The molecule has 0 aliphatic carbocycles. The fraction of sp³-hybridized carbons (Fsp3) is 0.0667. The van der Waals surface area contributed by atoms with Gasteiger partial charge >= 0.3 is 5.97 Å². The zero-order valence-corrected chi connectivity index (χ0v) is 13.3. The average molecular weight is 369 g/mol. The second kappa shape index (κ2) is 6.28. The lowest BCUT2D eigenvalue weighted by molar-refractivity contribution is 0.0697. The first-order valence-electron chi connectivity index (χ1n) is 5.98. The zero-order chi connectivity index (χ0) is 15.6. The minimum Gasteiger partial charge on any atom is -0.478 e. The number of aryl methyl sites for hydroxylation is 1. The van der Waals surface area contributed by atoms with E-state index in [0.717, 1.165) is 10.0 Å². The van der Waals surface area contributed by atoms with Crippen LogP contribution in [0.15, 0.2) is 40.9 Å². The van der Waals surface area contributed by atoms with Gasteiger partial charge in [-0.3, -0.25) is 4.79 Å². The molecule has 2 aromatic carbocycles. The Labute approximate surface area is 134 Å². The van der Waals surface area contributed by atoms with Crippen molar-refractivity contribution in [1.82, 2.24) is 0 Å². The molecule has 2 N–H and O–H groups in total. The maximum atomic E-state index is 12.2. The highest BCUT2D eigenvalue weighted by Crippen LogP contribution is 2.22. The van der Waals surface area contributed by atoms with Crippen LogP contribution in [0.3, 0.4) is 0 Å². The number of anilines is 1. The number of halogens is 2. The number of hydrogen-bond acceptors (Lipinski definition) is 2. The van der Waals surface area contributed by atoms with Crippen molar-refractivity contribution in [2.45, 2.75) is 6.92 Å². The van der Waals surface area contributed by atoms with Crippen LogP contribution >= 0.6 is 27.5 Å². The van der Waals surface area contributed by atoms with E-state index in [4.69, 9.17) is 16.7 Å². The van der Waals surface area contributed by atoms with Crippen LogP contribution in [-0.2, 0) is 0 Å². The molecule has 0 bridgehead atoms. The number of benzene rings is 2. The molecule has 21 heavy (non-hydrogen) atoms. The molecule has 0 unspecified atom stereocenters. The molecule has 2 rings (SSSR count). The van der Waals surface area contributed by atoms with Gasteiger partial charge in [0.1, 0.15) is 0 Å². The number of carbonyl (C=O) groups is 2. The third-order valence-electron chi connectivity index (χ3n) is 2.76. The van der Waals surface area contributed by atoms with Gasteiger partial charge in [-0.1, -0.05) is 27.5 Å². The summed E-state index contributed by atoms with van der Waals surface area (Å²) >= 11 is 9.20. The molecular formula is C15H11BrClNO3. The van der Waals surface area contributed by atoms with Gasteiger partial charge in [-0.05, 0) is 48.9 Å². The molecule has 0 saturated heterocycles. The van der Waals surface area contributed by atoms with Crippen molar-refractivity contribution in [3.63, 3.8) is 0 Å². The van der Waals surface area contributed by atoms with Crippen molar-refractivity contribution in [1.29, 1.82) is 0 Å². The van der Waals surface area contributed by atoms with E-state index < -0.39 is 5.97 Å². The molecule has 0 atom stereocenters. The van der Waals surface area contributed by atoms with Gasteiger partial charge in [-0.2, -0.15) is 0 Å². The Morgan fingerprint density at radius 3 is 2.48 bits per heavy atom. The highest BCUT2D eigenvalue weighted by molar-refractivity contribution is 9.10. The Morgan fingerprint density at radius 1 is 1.19 bits per heavy atom. The summed E-state index contributed by atoms with van der Waals surface area (Å²) in [4.78, 5) is 23.0. The Hall–Kier alpha value is -1.85. The van der Waals surface area contributed by atoms with Crippen LogP contribution < -0.4 is 5.32 Å². The molecule has 0 aromatic heterocycles. The monoisotopic (exact) mass is 367 g/mol. The van der Waals surface area contributed by atoms with Gasteiger partial charge in [0.05, 0.1) is 10.6 Å². The predicted octanol–water partition coefficient (Wildman–Crippen LogP) is 4.36. The van der Waals surface area contributed by atoms with E-state index >= 15 is 0 Å². The first kappa shape index (κ1) is 15.5. The molecule has 0 fully saturated rings. The first-order valence-corrected chi connectivity index (χ1v) is 7.15. The topological polar surface area (TPSA) is 66.4 Å². The summed E-state index contributed by atoms with van der Waals surface area (Å²) in [5.41, 5.74) is 1.88. The largest absolute Gasteiger partial charge is 0.478 e. The molecule has 0 radical (unpaired) electrons. The van der Waals surface area contributed by atoms with Crippen LogP contribution in [-0.4, -0.2) is 17.0 Å². The van der Waals surface area contributed by atoms with Gasteiger partial charge in [0.25, 0.3) is 5.91 Å². The predicted molar refractivity (Wildman–Crippen MR) is 85.2 cm³/mol. The Balaban J connectivity index is 2.23. The number of carbonyl (C=O) groups excluding carboxylic acids is 1. The fourth-order valence-corrected chi connectivity index (χ4v) is 2.71. The lowest BCUT2D eigenvalue weighted by Crippen LogP contribution is -2.12. The summed E-state index contributed by atoms with van der Waals surface area (Å²) in [6, 6.07) is 9.62. The standard InChI is InChI=1S/C15H11BrClNO3/c1-8-4-9(6-10(16)5-8)14(19)18-11-2-3-12(15(20)21)13(17)7-11/h2-7H,1H3,(H,18,19)(H,20,21). The van der Waals surface area contributed by atoms with Crippen LogP contribution in [0.25, 0.3) is 0 Å². The van der Waals surface area contributed by atoms with Gasteiger partial charge < -0.3 is 10.4 Å². The minimum atomic E-state index is -1.11. The van der Waals surface area contributed by atoms with E-state index in [0.29, 0.717) is 11.3 Å². The van der Waals surface area contributed by atoms with Crippen molar-refractivity contribution in [2.75, 3.05) is 5.32 Å². The molecular weight excluding hydrogens is 358 g/mol. The number of aromatic carboxylic acids is 1. The highest BCUT2D eigenvalue weighted by atomic mass is 79.9. The molecule has 4 nitrogen and oxygen atoms in total. The molecule has 0 saturated carbocycles. The van der Waals surface area contributed by atoms with Gasteiger partial charge in [0.15, 0.2) is 0 Å². The van der Waals surface area contributed by atoms with Crippen LogP contribution in [0.1, 0.15) is 26.3 Å². The maximum absolute atomic E-state index is 12.2. The highest BCUT2D eigenvalue weighted by Gasteiger charge is 2.11. The third kappa shape index (κ3) is 3.83. The van der Waals surface area contributed by atoms with E-state index in [1.807, 2.05) is 13.0 Å². The van der Waals surface area contributed by atoms with Crippen molar-refractivity contribution >= 4 is 45.1 Å². The SMILES string of the molecule is Cc1cc(Br)cc(C(=O)Nc2ccc(C(=O)O)c(Cl)c2)c1. The summed E-state index contributed by atoms with van der Waals surface area (Å²) in [7, 11) is 0. The fourth-order valence-electron chi connectivity index (χ4n) is 1.84. The number of carboxylic acids is 1. The average Bonchev–Trinajstić information content (AvgIpc) is 2.37. The number of rotatable bonds is 3. The molecule has 0 spiro atoms.